The Bertz CT molecular complexity index is 1160. The minimum Gasteiger partial charge on any atom is -0.477 e. The number of carboxylic acid groups (broad SMARTS) is 1. The van der Waals surface area contributed by atoms with Crippen molar-refractivity contribution in [2.24, 2.45) is 5.16 Å². The Labute approximate surface area is 190 Å². The summed E-state index contributed by atoms with van der Waals surface area (Å²) in [6.45, 7) is 0. The van der Waals surface area contributed by atoms with E-state index in [4.69, 9.17) is 11.6 Å². The van der Waals surface area contributed by atoms with Crippen molar-refractivity contribution in [3.8, 4) is 0 Å². The summed E-state index contributed by atoms with van der Waals surface area (Å²) in [5.41, 5.74) is 5.51. The highest BCUT2D eigenvalue weighted by molar-refractivity contribution is 8.01. The van der Waals surface area contributed by atoms with Crippen molar-refractivity contribution in [3.63, 3.8) is 0 Å². The monoisotopic (exact) mass is 498 g/mol. The molecule has 2 aliphatic heterocycles. The number of hydrogen-bond acceptors (Lipinski definition) is 14. The number of aromatic nitrogens is 5. The van der Waals surface area contributed by atoms with Crippen LogP contribution in [-0.4, -0.2) is 86.9 Å². The van der Waals surface area contributed by atoms with Gasteiger partial charge in [-0.1, -0.05) is 22.0 Å². The number of anilines is 1. The molecular weight excluding hydrogens is 484 g/mol. The number of oxime groups is 1. The van der Waals surface area contributed by atoms with Crippen molar-refractivity contribution >= 4 is 63.5 Å². The number of rotatable bonds is 7. The third-order valence-corrected chi connectivity index (χ3v) is 7.49. The minimum atomic E-state index is -1.27. The highest BCUT2D eigenvalue weighted by atomic mass is 32.2. The van der Waals surface area contributed by atoms with Crippen LogP contribution in [0.5, 0.6) is 0 Å². The molecule has 2 aliphatic rings. The molecule has 32 heavy (non-hydrogen) atoms. The van der Waals surface area contributed by atoms with E-state index in [0.29, 0.717) is 11.3 Å². The molecule has 0 saturated carbocycles. The predicted octanol–water partition coefficient (Wildman–Crippen LogP) is -1.87. The third-order valence-electron chi connectivity index (χ3n) is 4.45. The summed E-state index contributed by atoms with van der Waals surface area (Å²) in [6, 6.07) is -1.000. The van der Waals surface area contributed by atoms with Crippen LogP contribution in [0.1, 0.15) is 5.69 Å². The molecule has 4 rings (SSSR count). The second kappa shape index (κ2) is 8.63. The van der Waals surface area contributed by atoms with Crippen LogP contribution in [0.2, 0.25) is 0 Å². The molecule has 0 bridgehead atoms. The van der Waals surface area contributed by atoms with Crippen molar-refractivity contribution in [1.29, 1.82) is 0 Å². The molecule has 15 nitrogen and oxygen atoms in total. The summed E-state index contributed by atoms with van der Waals surface area (Å²) in [5, 5.41) is 36.2. The molecule has 0 radical (unpaired) electrons. The van der Waals surface area contributed by atoms with Crippen LogP contribution >= 0.6 is 34.9 Å². The molecule has 0 aromatic carbocycles. The second-order valence-electron chi connectivity index (χ2n) is 6.33. The molecule has 7 N–H and O–H groups in total. The maximum atomic E-state index is 12.7. The fourth-order valence-electron chi connectivity index (χ4n) is 3.05. The van der Waals surface area contributed by atoms with Gasteiger partial charge in [0.05, 0.1) is 0 Å². The van der Waals surface area contributed by atoms with Crippen LogP contribution in [0, 0.1) is 0 Å². The molecule has 2 aromatic heterocycles. The van der Waals surface area contributed by atoms with E-state index in [1.54, 1.807) is 0 Å². The number of nitrogens with one attached hydrogen (secondary N) is 1. The number of thiazole rings is 1. The number of tetrazole rings is 1. The molecule has 2 atom stereocenters. The summed E-state index contributed by atoms with van der Waals surface area (Å²) >= 11 is 3.47. The largest absolute Gasteiger partial charge is 0.477 e. The van der Waals surface area contributed by atoms with Crippen LogP contribution in [0.3, 0.4) is 0 Å². The first kappa shape index (κ1) is 21.8. The maximum absolute atomic E-state index is 12.7. The topological polar surface area (TPSA) is 228 Å². The molecule has 0 aliphatic carbocycles. The molecule has 2 amide bonds. The van der Waals surface area contributed by atoms with Gasteiger partial charge in [-0.25, -0.2) is 9.78 Å². The Morgan fingerprint density at radius 2 is 2.22 bits per heavy atom. The zero-order valence-corrected chi connectivity index (χ0v) is 18.2. The Kier molecular flexibility index (Phi) is 5.89. The van der Waals surface area contributed by atoms with Gasteiger partial charge in [0.2, 0.25) is 5.16 Å². The first-order valence-electron chi connectivity index (χ1n) is 8.62. The predicted molar refractivity (Wildman–Crippen MR) is 113 cm³/mol. The summed E-state index contributed by atoms with van der Waals surface area (Å²) < 4.78 is 0. The zero-order valence-electron chi connectivity index (χ0n) is 15.8. The molecule has 18 heteroatoms. The SMILES string of the molecule is Nc1nc(/C(=N/O)C(=O)N[C@@H]2C(=O)N3C(C(=O)O)=C(CSc4nnnn4N)CS[C@@H]23)cs1. The van der Waals surface area contributed by atoms with E-state index in [1.807, 2.05) is 0 Å². The van der Waals surface area contributed by atoms with E-state index in [2.05, 4.69) is 31.0 Å². The van der Waals surface area contributed by atoms with Gasteiger partial charge in [-0.3, -0.25) is 14.5 Å². The highest BCUT2D eigenvalue weighted by Gasteiger charge is 2.54. The van der Waals surface area contributed by atoms with E-state index in [9.17, 15) is 24.7 Å². The van der Waals surface area contributed by atoms with Crippen molar-refractivity contribution in [1.82, 2.24) is 35.5 Å². The quantitative estimate of drug-likeness (QED) is 0.0705. The first-order chi connectivity index (χ1) is 15.3. The highest BCUT2D eigenvalue weighted by Crippen LogP contribution is 2.41. The average molecular weight is 499 g/mol. The number of nitrogens with two attached hydrogens (primary N) is 2. The molecule has 0 unspecified atom stereocenters. The second-order valence-corrected chi connectivity index (χ2v) is 9.27. The van der Waals surface area contributed by atoms with Gasteiger partial charge >= 0.3 is 5.97 Å². The van der Waals surface area contributed by atoms with Crippen LogP contribution in [-0.2, 0) is 14.4 Å². The van der Waals surface area contributed by atoms with Crippen molar-refractivity contribution in [2.45, 2.75) is 16.6 Å². The third kappa shape index (κ3) is 3.82. The first-order valence-corrected chi connectivity index (χ1v) is 11.5. The Morgan fingerprint density at radius 3 is 2.81 bits per heavy atom. The van der Waals surface area contributed by atoms with Crippen LogP contribution in [0.4, 0.5) is 5.13 Å². The van der Waals surface area contributed by atoms with Crippen molar-refractivity contribution in [3.05, 3.63) is 22.3 Å². The van der Waals surface area contributed by atoms with Gasteiger partial charge in [0, 0.05) is 16.9 Å². The van der Waals surface area contributed by atoms with E-state index < -0.39 is 34.9 Å². The molecule has 1 fully saturated rings. The number of fused-ring (bicyclic) bond motifs is 1. The molecule has 1 saturated heterocycles. The number of carboxylic acids is 1. The van der Waals surface area contributed by atoms with E-state index in [1.165, 1.54) is 17.1 Å². The number of carbonyl (C=O) groups excluding carboxylic acids is 2. The smallest absolute Gasteiger partial charge is 0.352 e. The number of hydrogen-bond donors (Lipinski definition) is 5. The summed E-state index contributed by atoms with van der Waals surface area (Å²) in [7, 11) is 0. The number of nitrogen functional groups attached to an aromatic ring is 2. The van der Waals surface area contributed by atoms with Gasteiger partial charge in [0.25, 0.3) is 11.8 Å². The van der Waals surface area contributed by atoms with Crippen LogP contribution in [0.25, 0.3) is 0 Å². The lowest BCUT2D eigenvalue weighted by atomic mass is 10.0. The number of amides is 2. The average Bonchev–Trinajstić information content (AvgIpc) is 3.37. The lowest BCUT2D eigenvalue weighted by molar-refractivity contribution is -0.150. The van der Waals surface area contributed by atoms with Gasteiger partial charge in [-0.15, -0.1) is 27.9 Å². The van der Waals surface area contributed by atoms with Gasteiger partial charge in [0.1, 0.15) is 22.8 Å². The number of nitrogens with zero attached hydrogens (tertiary/aromatic N) is 7. The normalized spacial score (nSPS) is 20.7. The Hall–Kier alpha value is -3.38. The van der Waals surface area contributed by atoms with Gasteiger partial charge in [0.15, 0.2) is 10.8 Å². The number of aliphatic carboxylic acids is 1. The Morgan fingerprint density at radius 1 is 1.44 bits per heavy atom. The van der Waals surface area contributed by atoms with Crippen LogP contribution < -0.4 is 16.9 Å². The summed E-state index contributed by atoms with van der Waals surface area (Å²) in [5.74, 6) is 3.34. The fraction of sp³-hybridized carbons (Fsp3) is 0.286. The van der Waals surface area contributed by atoms with E-state index in [-0.39, 0.29) is 27.4 Å². The van der Waals surface area contributed by atoms with E-state index in [0.717, 1.165) is 32.8 Å². The molecular formula is C14H14N10O5S3. The summed E-state index contributed by atoms with van der Waals surface area (Å²) in [6.07, 6.45) is 0. The molecule has 4 heterocycles. The number of β-lactam (4-membered cyclic amide) rings is 1. The molecule has 2 aromatic rings. The van der Waals surface area contributed by atoms with Crippen LogP contribution in [0.15, 0.2) is 27.0 Å². The standard InChI is InChI=1S/C14H14N10O5S3/c15-13-17-5(3-31-13)6(20-29)9(25)18-7-10(26)23-8(12(27)28)4(1-30-11(7)23)2-32-14-19-21-22-24(14)16/h3,7,11,29H,1-2,16H2,(H2,15,17)(H,18,25)(H,27,28)/b20-6-/t7-,11+/m1/s1. The fourth-order valence-corrected chi connectivity index (χ4v) is 5.87. The molecule has 0 spiro atoms. The lowest BCUT2D eigenvalue weighted by Gasteiger charge is -2.49. The van der Waals surface area contributed by atoms with Crippen molar-refractivity contribution < 1.29 is 24.7 Å². The Balaban J connectivity index is 1.48. The van der Waals surface area contributed by atoms with Crippen molar-refractivity contribution in [2.75, 3.05) is 23.1 Å². The minimum absolute atomic E-state index is 0.0556. The van der Waals surface area contributed by atoms with Gasteiger partial charge in [-0.2, -0.15) is 0 Å². The number of carbonyl (C=O) groups is 3. The van der Waals surface area contributed by atoms with Gasteiger partial charge in [-0.05, 0) is 16.0 Å². The van der Waals surface area contributed by atoms with Gasteiger partial charge < -0.3 is 27.2 Å². The zero-order chi connectivity index (χ0) is 23.0. The molecule has 168 valence electrons. The summed E-state index contributed by atoms with van der Waals surface area (Å²) in [4.78, 5) is 43.1. The van der Waals surface area contributed by atoms with E-state index >= 15 is 0 Å². The maximum Gasteiger partial charge on any atom is 0.352 e. The number of thioether (sulfide) groups is 2. The lowest BCUT2D eigenvalue weighted by Crippen LogP contribution is -2.71.